The normalized spacial score (nSPS) is 38.7. The van der Waals surface area contributed by atoms with Gasteiger partial charge in [0.25, 0.3) is 20.2 Å². The lowest BCUT2D eigenvalue weighted by Gasteiger charge is -2.59. The zero-order valence-corrected chi connectivity index (χ0v) is 83.3. The van der Waals surface area contributed by atoms with Crippen molar-refractivity contribution in [3.05, 3.63) is 36.5 Å². The van der Waals surface area contributed by atoms with E-state index in [-0.39, 0.29) is 82.8 Å². The highest BCUT2D eigenvalue weighted by atomic mass is 32.2. The van der Waals surface area contributed by atoms with E-state index in [0.29, 0.717) is 103 Å². The number of rotatable bonds is 24. The van der Waals surface area contributed by atoms with Crippen LogP contribution in [0.25, 0.3) is 0 Å². The first-order chi connectivity index (χ1) is 61.1. The Labute approximate surface area is 788 Å². The standard InChI is InChI=1S/C17H28O2.C16H26O3.C15H22O7S.C15H22O2.C14H20O3.C13H16O7S.C10H18N2O4.CH4/c1-5-16(2,3)15(18)19-17(4)13-7-11-6-12(9-13)10-14(17)8-11;1-4-14(2,3)13(17)19-16-8-11-5-12(9-16)7-15(18,6-11)10-16;1-4-15(2,3)14(17)20-7-11(16)21-12-8-5-9-10(6-8)23(18,19)22-13(9)12;1-9(2)14(16)17-15(3)12-5-10-4-11(7-12)8-13(15)6-10;1-9(2)12(15)17-14-6-10-3-11(7-14)5-13(16,4-10)8-14;1-6(2)13(15)18-5-10(14)19-11-7-3-8-9(4-7)21(16,17)20-12(8)11;1-9(2,7(14)6-13)11-12-10(3,4)8(15)16-5;/h11-14H,5-10H2,1-4H3;11-12,18H,4-10H2,1-3H3;8-10,12-13H,4-7H2,1-3H3;10-13H,1,4-8H2,2-3H3;10-11,16H,1,3-8H2,2H3;7-9,11-12H,1,3-5H2,2H3;13H,6H2,1-5H3;1H4. The molecule has 0 amide bonds. The molecule has 2 aliphatic heterocycles. The van der Waals surface area contributed by atoms with E-state index < -0.39 is 149 Å². The van der Waals surface area contributed by atoms with Crippen LogP contribution in [-0.2, 0) is 119 Å². The van der Waals surface area contributed by atoms with Gasteiger partial charge in [0.15, 0.2) is 24.5 Å². The number of ketones is 1. The van der Waals surface area contributed by atoms with E-state index in [2.05, 4.69) is 55.5 Å². The highest BCUT2D eigenvalue weighted by Crippen LogP contribution is 2.65. The molecule has 0 aromatic heterocycles. The van der Waals surface area contributed by atoms with Crippen LogP contribution in [-0.4, -0.2) is 198 Å². The molecule has 22 fully saturated rings. The van der Waals surface area contributed by atoms with Crippen molar-refractivity contribution in [2.75, 3.05) is 26.9 Å². The monoisotopic (exact) mass is 1910 g/mol. The SMILES string of the molecule is C.C=C(C)C(=O)OC1(C)C2CC3CC(C2)CC1C3.C=C(C)C(=O)OC12CC3CC(CC(O)(C3)C1)C2.C=C(C)C(=O)OCC(=O)OC1C2CC3C1OS(=O)(=O)C3C2.CCC(C)(C)C(=O)OC1(C)C2CC3CC(C2)CC1C3.CCC(C)(C)C(=O)OC12CC3CC(CC(O)(C3)C1)C2.CCC(C)(C)C(=O)OCC(=O)OC1C2CC3C1OS(=O)(=O)C3C2.COC(=O)C(C)(C)N=NC(C)(C)C(=O)CO. The van der Waals surface area contributed by atoms with Gasteiger partial charge in [-0.3, -0.25) is 27.5 Å². The van der Waals surface area contributed by atoms with Crippen LogP contribution in [0.4, 0.5) is 0 Å². The molecule has 750 valence electrons. The summed E-state index contributed by atoms with van der Waals surface area (Å²) in [5.41, 5.74) is -4.75. The molecule has 3 N–H and O–H groups in total. The molecule has 0 spiro atoms. The Morgan fingerprint density at radius 1 is 0.414 bits per heavy atom. The molecule has 133 heavy (non-hydrogen) atoms. The van der Waals surface area contributed by atoms with Crippen LogP contribution < -0.4 is 0 Å². The summed E-state index contributed by atoms with van der Waals surface area (Å²) in [6.45, 7) is 41.9. The molecule has 20 saturated carbocycles. The third-order valence-electron chi connectivity index (χ3n) is 34.1. The molecule has 20 aliphatic carbocycles. The number of fused-ring (bicyclic) bond motifs is 2. The van der Waals surface area contributed by atoms with Crippen LogP contribution in [0, 0.1) is 111 Å². The van der Waals surface area contributed by atoms with Gasteiger partial charge in [-0.05, 0) is 348 Å². The minimum atomic E-state index is -3.53. The molecule has 2 heterocycles. The van der Waals surface area contributed by atoms with Gasteiger partial charge in [0.1, 0.15) is 59.0 Å². The molecular formula is C101H156N2O28S2. The topological polar surface area (TPSA) is 426 Å². The third-order valence-corrected chi connectivity index (χ3v) is 37.7. The molecule has 22 rings (SSSR count). The molecule has 14 unspecified atom stereocenters. The van der Waals surface area contributed by atoms with Crippen molar-refractivity contribution >= 4 is 79.7 Å². The van der Waals surface area contributed by atoms with Gasteiger partial charge in [-0.15, -0.1) is 0 Å². The third kappa shape index (κ3) is 23.1. The number of ether oxygens (including phenoxy) is 9. The zero-order chi connectivity index (χ0) is 97.5. The van der Waals surface area contributed by atoms with Gasteiger partial charge < -0.3 is 58.0 Å². The molecule has 2 saturated heterocycles. The fourth-order valence-corrected chi connectivity index (χ4v) is 30.3. The lowest BCUT2D eigenvalue weighted by molar-refractivity contribution is -0.225. The van der Waals surface area contributed by atoms with Crippen molar-refractivity contribution < 1.29 is 131 Å². The molecule has 14 atom stereocenters. The number of esters is 9. The summed E-state index contributed by atoms with van der Waals surface area (Å²) >= 11 is 0. The molecule has 22 aliphatic rings. The van der Waals surface area contributed by atoms with Crippen LogP contribution >= 0.6 is 0 Å². The van der Waals surface area contributed by atoms with Crippen molar-refractivity contribution in [1.29, 1.82) is 0 Å². The maximum Gasteiger partial charge on any atom is 0.344 e. The van der Waals surface area contributed by atoms with Gasteiger partial charge in [-0.25, -0.2) is 28.8 Å². The van der Waals surface area contributed by atoms with E-state index in [1.54, 1.807) is 27.7 Å². The average molecular weight is 1910 g/mol. The molecule has 20 bridgehead atoms. The first-order valence-corrected chi connectivity index (χ1v) is 51.6. The van der Waals surface area contributed by atoms with Crippen LogP contribution in [0.15, 0.2) is 46.7 Å². The smallest absolute Gasteiger partial charge is 0.344 e. The summed E-state index contributed by atoms with van der Waals surface area (Å²) in [4.78, 5) is 118. The van der Waals surface area contributed by atoms with Crippen molar-refractivity contribution in [2.24, 2.45) is 121 Å². The molecule has 0 aromatic carbocycles. The van der Waals surface area contributed by atoms with Gasteiger partial charge in [-0.1, -0.05) is 47.9 Å². The van der Waals surface area contributed by atoms with Crippen LogP contribution in [0.5, 0.6) is 0 Å². The average Bonchev–Trinajstić information content (AvgIpc) is 1.53. The Morgan fingerprint density at radius 2 is 0.737 bits per heavy atom. The Balaban J connectivity index is 0.000000150. The lowest BCUT2D eigenvalue weighted by atomic mass is 9.50. The fraction of sp³-hybridized carbons (Fsp3) is 0.842. The fourth-order valence-electron chi connectivity index (χ4n) is 26.6. The minimum absolute atomic E-state index is 0. The Hall–Kier alpha value is -6.58. The van der Waals surface area contributed by atoms with Crippen LogP contribution in [0.3, 0.4) is 0 Å². The highest BCUT2D eigenvalue weighted by molar-refractivity contribution is 7.88. The molecule has 0 aromatic rings. The predicted octanol–water partition coefficient (Wildman–Crippen LogP) is 15.3. The first kappa shape index (κ1) is 107. The van der Waals surface area contributed by atoms with Gasteiger partial charge in [0.05, 0.1) is 45.1 Å². The summed E-state index contributed by atoms with van der Waals surface area (Å²) < 4.78 is 106. The summed E-state index contributed by atoms with van der Waals surface area (Å²) in [5.74, 6) is 4.13. The number of azo groups is 1. The number of carbonyl (C=O) groups is 10. The quantitative estimate of drug-likeness (QED) is 0.0266. The zero-order valence-electron chi connectivity index (χ0n) is 81.7. The summed E-state index contributed by atoms with van der Waals surface area (Å²) in [6.07, 6.45) is 26.6. The molecule has 0 radical (unpaired) electrons. The molecule has 30 nitrogen and oxygen atoms in total. The number of methoxy groups -OCH3 is 1. The van der Waals surface area contributed by atoms with Crippen molar-refractivity contribution in [2.45, 2.75) is 398 Å². The van der Waals surface area contributed by atoms with E-state index in [0.717, 1.165) is 87.9 Å². The molecular weight excluding hydrogens is 1750 g/mol. The van der Waals surface area contributed by atoms with E-state index >= 15 is 0 Å². The summed E-state index contributed by atoms with van der Waals surface area (Å²) in [7, 11) is -5.80. The first-order valence-electron chi connectivity index (χ1n) is 48.7. The predicted molar refractivity (Wildman–Crippen MR) is 490 cm³/mol. The van der Waals surface area contributed by atoms with Crippen LogP contribution in [0.2, 0.25) is 0 Å². The number of nitrogens with zero attached hydrogens (tertiary/aromatic N) is 2. The van der Waals surface area contributed by atoms with Crippen molar-refractivity contribution in [3.8, 4) is 0 Å². The second-order valence-corrected chi connectivity index (χ2v) is 50.3. The number of aliphatic hydroxyl groups is 3. The second kappa shape index (κ2) is 39.6. The number of Topliss-reactive ketones (excluding diaryl/α,β-unsaturated/α-hetero) is 1. The molecule has 32 heteroatoms. The largest absolute Gasteiger partial charge is 0.467 e. The van der Waals surface area contributed by atoms with E-state index in [9.17, 15) is 75.0 Å². The number of aliphatic hydroxyl groups excluding tert-OH is 1. The van der Waals surface area contributed by atoms with Crippen molar-refractivity contribution in [1.82, 2.24) is 0 Å². The number of hydrogen-bond donors (Lipinski definition) is 3. The van der Waals surface area contributed by atoms with Gasteiger partial charge in [0.2, 0.25) is 0 Å². The van der Waals surface area contributed by atoms with Gasteiger partial charge >= 0.3 is 53.7 Å². The van der Waals surface area contributed by atoms with E-state index in [4.69, 9.17) is 51.4 Å². The Kier molecular flexibility index (Phi) is 31.8. The summed E-state index contributed by atoms with van der Waals surface area (Å²) in [6, 6.07) is 0. The number of carbonyl (C=O) groups excluding carboxylic acids is 10. The van der Waals surface area contributed by atoms with Crippen molar-refractivity contribution in [3.63, 3.8) is 0 Å². The maximum atomic E-state index is 12.5. The number of hydrogen-bond acceptors (Lipinski definition) is 30. The van der Waals surface area contributed by atoms with Gasteiger partial charge in [-0.2, -0.15) is 27.1 Å². The minimum Gasteiger partial charge on any atom is -0.467 e. The lowest BCUT2D eigenvalue weighted by Crippen LogP contribution is -2.61. The van der Waals surface area contributed by atoms with E-state index in [1.165, 1.54) is 119 Å². The summed E-state index contributed by atoms with van der Waals surface area (Å²) in [5, 5.41) is 36.5. The Bertz CT molecular complexity index is 4580. The van der Waals surface area contributed by atoms with Gasteiger partial charge in [0, 0.05) is 53.2 Å². The maximum absolute atomic E-state index is 12.5. The van der Waals surface area contributed by atoms with Crippen LogP contribution in [0.1, 0.15) is 318 Å². The highest BCUT2D eigenvalue weighted by Gasteiger charge is 2.69. The second-order valence-electron chi connectivity index (χ2n) is 46.8. The Morgan fingerprint density at radius 3 is 1.08 bits per heavy atom. The van der Waals surface area contributed by atoms with E-state index in [1.807, 2.05) is 41.5 Å².